The topological polar surface area (TPSA) is 28.7 Å². The van der Waals surface area contributed by atoms with Crippen molar-refractivity contribution in [3.05, 3.63) is 107 Å². The molecule has 5 aromatic rings. The van der Waals surface area contributed by atoms with Crippen molar-refractivity contribution in [2.45, 2.75) is 33.1 Å². The van der Waals surface area contributed by atoms with Gasteiger partial charge in [-0.1, -0.05) is 91.0 Å². The van der Waals surface area contributed by atoms with Crippen molar-refractivity contribution in [1.82, 2.24) is 9.97 Å². The van der Waals surface area contributed by atoms with Crippen molar-refractivity contribution >= 4 is 16.9 Å². The number of aromatic nitrogens is 2. The first-order valence-corrected chi connectivity index (χ1v) is 13.1. The Bertz CT molecular complexity index is 1450. The Hall–Kier alpha value is -3.69. The minimum atomic E-state index is 0.894. The third kappa shape index (κ3) is 4.06. The number of hydrogen-bond acceptors (Lipinski definition) is 2. The molecule has 35 heavy (non-hydrogen) atoms. The highest BCUT2D eigenvalue weighted by atomic mass is 32.1. The maximum absolute atomic E-state index is 5.06. The Morgan fingerprint density at radius 1 is 0.743 bits per heavy atom. The van der Waals surface area contributed by atoms with Crippen molar-refractivity contribution in [2.75, 3.05) is 0 Å². The third-order valence-corrected chi connectivity index (χ3v) is 8.18. The van der Waals surface area contributed by atoms with Gasteiger partial charge in [-0.25, -0.2) is 4.98 Å². The van der Waals surface area contributed by atoms with E-state index in [-0.39, 0.29) is 0 Å². The van der Waals surface area contributed by atoms with Crippen molar-refractivity contribution in [1.29, 1.82) is 0 Å². The van der Waals surface area contributed by atoms with E-state index in [0.29, 0.717) is 0 Å². The van der Waals surface area contributed by atoms with E-state index >= 15 is 0 Å². The molecule has 3 aromatic carbocycles. The van der Waals surface area contributed by atoms with Gasteiger partial charge in [0, 0.05) is 26.4 Å². The molecule has 1 N–H and O–H groups in total. The number of rotatable bonds is 5. The summed E-state index contributed by atoms with van der Waals surface area (Å²) in [5.41, 5.74) is 11.1. The minimum Gasteiger partial charge on any atom is -0.337 e. The van der Waals surface area contributed by atoms with E-state index in [4.69, 9.17) is 4.98 Å². The van der Waals surface area contributed by atoms with Crippen LogP contribution >= 0.6 is 11.3 Å². The average molecular weight is 473 g/mol. The fourth-order valence-electron chi connectivity index (χ4n) is 5.21. The van der Waals surface area contributed by atoms with Gasteiger partial charge in [-0.15, -0.1) is 11.3 Å². The van der Waals surface area contributed by atoms with E-state index in [1.54, 1.807) is 0 Å². The average Bonchev–Trinajstić information content (AvgIpc) is 3.65. The predicted octanol–water partition coefficient (Wildman–Crippen LogP) is 9.32. The first kappa shape index (κ1) is 21.8. The molecule has 0 spiro atoms. The summed E-state index contributed by atoms with van der Waals surface area (Å²) in [4.78, 5) is 11.5. The van der Waals surface area contributed by atoms with Gasteiger partial charge >= 0.3 is 0 Å². The number of hydrogen-bond donors (Lipinski definition) is 1. The molecule has 0 saturated carbocycles. The lowest BCUT2D eigenvalue weighted by Crippen LogP contribution is -1.86. The molecule has 0 bridgehead atoms. The van der Waals surface area contributed by atoms with Crippen LogP contribution in [0.4, 0.5) is 0 Å². The number of H-pyrrole nitrogens is 1. The largest absolute Gasteiger partial charge is 0.337 e. The molecule has 0 atom stereocenters. The number of aryl methyl sites for hydroxylation is 1. The lowest BCUT2D eigenvalue weighted by molar-refractivity contribution is 0.935. The van der Waals surface area contributed by atoms with Gasteiger partial charge in [-0.05, 0) is 55.4 Å². The second-order valence-electron chi connectivity index (χ2n) is 9.23. The summed E-state index contributed by atoms with van der Waals surface area (Å²) in [6.07, 6.45) is 6.14. The van der Waals surface area contributed by atoms with Gasteiger partial charge < -0.3 is 4.98 Å². The van der Waals surface area contributed by atoms with Crippen LogP contribution in [0.2, 0.25) is 0 Å². The highest BCUT2D eigenvalue weighted by molar-refractivity contribution is 7.16. The van der Waals surface area contributed by atoms with E-state index < -0.39 is 0 Å². The number of aromatic amines is 1. The summed E-state index contributed by atoms with van der Waals surface area (Å²) < 4.78 is 0. The molecule has 1 aliphatic carbocycles. The van der Waals surface area contributed by atoms with Crippen LogP contribution in [0.15, 0.2) is 91.0 Å². The fourth-order valence-corrected chi connectivity index (χ4v) is 6.41. The second kappa shape index (κ2) is 9.16. The monoisotopic (exact) mass is 472 g/mol. The molecular weight excluding hydrogens is 444 g/mol. The summed E-state index contributed by atoms with van der Waals surface area (Å²) in [7, 11) is 0. The Morgan fingerprint density at radius 3 is 2.06 bits per heavy atom. The standard InChI is InChI=1S/C32H28N2S/c1-21-28(23-11-9-10-12-23)22(2)35-31(21)26-17-19-27(20-18-26)32-33-29(24-13-5-3-6-14-24)30(34-32)25-15-7-4-8-16-25/h3-8,11,13-20H,9-10,12H2,1-2H3,(H,33,34). The Labute approximate surface area is 211 Å². The molecule has 2 aromatic heterocycles. The van der Waals surface area contributed by atoms with Gasteiger partial charge in [0.05, 0.1) is 11.4 Å². The van der Waals surface area contributed by atoms with Gasteiger partial charge in [0.1, 0.15) is 5.82 Å². The molecule has 172 valence electrons. The molecule has 0 saturated heterocycles. The van der Waals surface area contributed by atoms with E-state index in [1.807, 2.05) is 23.5 Å². The first-order chi connectivity index (χ1) is 17.2. The molecule has 2 heterocycles. The van der Waals surface area contributed by atoms with Crippen LogP contribution in [0, 0.1) is 13.8 Å². The van der Waals surface area contributed by atoms with E-state index in [1.165, 1.54) is 51.3 Å². The molecule has 2 nitrogen and oxygen atoms in total. The zero-order chi connectivity index (χ0) is 23.8. The molecule has 0 unspecified atom stereocenters. The normalized spacial score (nSPS) is 13.3. The zero-order valence-electron chi connectivity index (χ0n) is 20.1. The lowest BCUT2D eigenvalue weighted by Gasteiger charge is -2.05. The molecule has 0 fully saturated rings. The van der Waals surface area contributed by atoms with Gasteiger partial charge in [0.25, 0.3) is 0 Å². The maximum atomic E-state index is 5.06. The third-order valence-electron chi connectivity index (χ3n) is 6.92. The maximum Gasteiger partial charge on any atom is 0.138 e. The number of imidazole rings is 1. The van der Waals surface area contributed by atoms with Crippen molar-refractivity contribution in [2.24, 2.45) is 0 Å². The zero-order valence-corrected chi connectivity index (χ0v) is 21.0. The van der Waals surface area contributed by atoms with Crippen LogP contribution in [0.5, 0.6) is 0 Å². The predicted molar refractivity (Wildman–Crippen MR) is 150 cm³/mol. The van der Waals surface area contributed by atoms with E-state index in [2.05, 4.69) is 97.7 Å². The Kier molecular flexibility index (Phi) is 5.71. The fraction of sp³-hybridized carbons (Fsp3) is 0.156. The molecule has 6 rings (SSSR count). The molecule has 1 aliphatic rings. The van der Waals surface area contributed by atoms with Crippen LogP contribution in [0.3, 0.4) is 0 Å². The SMILES string of the molecule is Cc1sc(-c2ccc(-c3nc(-c4ccccc4)c(-c4ccccc4)[nH]3)cc2)c(C)c1C1=CCCC1. The van der Waals surface area contributed by atoms with Crippen LogP contribution in [0.25, 0.3) is 49.9 Å². The summed E-state index contributed by atoms with van der Waals surface area (Å²) >= 11 is 1.92. The van der Waals surface area contributed by atoms with Crippen molar-refractivity contribution in [3.8, 4) is 44.3 Å². The number of allylic oxidation sites excluding steroid dienone is 2. The van der Waals surface area contributed by atoms with E-state index in [0.717, 1.165) is 33.9 Å². The highest BCUT2D eigenvalue weighted by Gasteiger charge is 2.19. The van der Waals surface area contributed by atoms with E-state index in [9.17, 15) is 0 Å². The Morgan fingerprint density at radius 2 is 1.40 bits per heavy atom. The molecule has 3 heteroatoms. The number of nitrogens with zero attached hydrogens (tertiary/aromatic N) is 1. The number of benzene rings is 3. The molecule has 0 radical (unpaired) electrons. The van der Waals surface area contributed by atoms with Gasteiger partial charge in [-0.3, -0.25) is 0 Å². The number of nitrogens with one attached hydrogen (secondary N) is 1. The second-order valence-corrected chi connectivity index (χ2v) is 10.5. The van der Waals surface area contributed by atoms with Crippen LogP contribution in [-0.4, -0.2) is 9.97 Å². The summed E-state index contributed by atoms with van der Waals surface area (Å²) in [5.74, 6) is 0.894. The van der Waals surface area contributed by atoms with Gasteiger partial charge in [-0.2, -0.15) is 0 Å². The molecule has 0 aliphatic heterocycles. The van der Waals surface area contributed by atoms with Gasteiger partial charge in [0.2, 0.25) is 0 Å². The number of thiophene rings is 1. The smallest absolute Gasteiger partial charge is 0.138 e. The van der Waals surface area contributed by atoms with Crippen molar-refractivity contribution < 1.29 is 0 Å². The summed E-state index contributed by atoms with van der Waals surface area (Å²) in [6, 6.07) is 29.7. The first-order valence-electron chi connectivity index (χ1n) is 12.3. The van der Waals surface area contributed by atoms with Crippen LogP contribution < -0.4 is 0 Å². The van der Waals surface area contributed by atoms with Gasteiger partial charge in [0.15, 0.2) is 0 Å². The molecular formula is C32H28N2S. The lowest BCUT2D eigenvalue weighted by atomic mass is 9.98. The van der Waals surface area contributed by atoms with Crippen molar-refractivity contribution in [3.63, 3.8) is 0 Å². The van der Waals surface area contributed by atoms with Crippen LogP contribution in [-0.2, 0) is 0 Å². The molecule has 0 amide bonds. The minimum absolute atomic E-state index is 0.894. The van der Waals surface area contributed by atoms with Crippen LogP contribution in [0.1, 0.15) is 35.3 Å². The quantitative estimate of drug-likeness (QED) is 0.271. The summed E-state index contributed by atoms with van der Waals surface area (Å²) in [5, 5.41) is 0. The highest BCUT2D eigenvalue weighted by Crippen LogP contribution is 2.42. The Balaban J connectivity index is 1.38. The summed E-state index contributed by atoms with van der Waals surface area (Å²) in [6.45, 7) is 4.55.